The second-order valence-corrected chi connectivity index (χ2v) is 5.39. The molecule has 0 saturated carbocycles. The van der Waals surface area contributed by atoms with Gasteiger partial charge in [-0.15, -0.1) is 0 Å². The van der Waals surface area contributed by atoms with Gasteiger partial charge in [0.05, 0.1) is 10.7 Å². The predicted molar refractivity (Wildman–Crippen MR) is 82.9 cm³/mol. The quantitative estimate of drug-likeness (QED) is 0.765. The fourth-order valence-corrected chi connectivity index (χ4v) is 2.38. The molecule has 2 aromatic rings. The van der Waals surface area contributed by atoms with E-state index in [0.717, 1.165) is 0 Å². The first-order chi connectivity index (χ1) is 9.54. The van der Waals surface area contributed by atoms with E-state index in [-0.39, 0.29) is 11.6 Å². The molecule has 0 spiro atoms. The third kappa shape index (κ3) is 3.02. The van der Waals surface area contributed by atoms with E-state index in [1.54, 1.807) is 43.3 Å². The summed E-state index contributed by atoms with van der Waals surface area (Å²) in [5.41, 5.74) is 0.720. The van der Waals surface area contributed by atoms with E-state index in [0.29, 0.717) is 21.6 Å². The second-order valence-electron chi connectivity index (χ2n) is 4.13. The van der Waals surface area contributed by atoms with E-state index in [4.69, 9.17) is 11.6 Å². The molecule has 0 aliphatic carbocycles. The maximum Gasteiger partial charge on any atom is 0.258 e. The number of carbonyl (C=O) groups excluding carboxylic acids is 1. The Morgan fingerprint density at radius 3 is 2.60 bits per heavy atom. The first-order valence-corrected chi connectivity index (χ1v) is 7.23. The van der Waals surface area contributed by atoms with Gasteiger partial charge >= 0.3 is 0 Å². The van der Waals surface area contributed by atoms with Gasteiger partial charge in [-0.1, -0.05) is 23.7 Å². The number of hydrogen-bond donors (Lipinski definition) is 0. The highest BCUT2D eigenvalue weighted by Gasteiger charge is 2.19. The molecule has 0 N–H and O–H groups in total. The largest absolute Gasteiger partial charge is 0.306 e. The van der Waals surface area contributed by atoms with Crippen LogP contribution < -0.4 is 4.90 Å². The van der Waals surface area contributed by atoms with E-state index in [1.165, 1.54) is 11.0 Å². The molecule has 2 nitrogen and oxygen atoms in total. The van der Waals surface area contributed by atoms with Crippen molar-refractivity contribution in [2.75, 3.05) is 11.4 Å². The van der Waals surface area contributed by atoms with Gasteiger partial charge in [-0.3, -0.25) is 4.79 Å². The Kier molecular flexibility index (Phi) is 4.78. The predicted octanol–water partition coefficient (Wildman–Crippen LogP) is 4.91. The lowest BCUT2D eigenvalue weighted by molar-refractivity contribution is 0.0987. The molecule has 2 rings (SSSR count). The van der Waals surface area contributed by atoms with Gasteiger partial charge in [0.2, 0.25) is 0 Å². The van der Waals surface area contributed by atoms with Crippen molar-refractivity contribution in [3.8, 4) is 0 Å². The van der Waals surface area contributed by atoms with Crippen LogP contribution in [0.25, 0.3) is 0 Å². The van der Waals surface area contributed by atoms with Crippen molar-refractivity contribution < 1.29 is 9.18 Å². The molecule has 0 atom stereocenters. The zero-order valence-electron chi connectivity index (χ0n) is 10.7. The molecule has 1 amide bonds. The lowest BCUT2D eigenvalue weighted by Gasteiger charge is -2.21. The molecule has 104 valence electrons. The zero-order valence-corrected chi connectivity index (χ0v) is 13.1. The second kappa shape index (κ2) is 6.37. The van der Waals surface area contributed by atoms with Crippen molar-refractivity contribution in [3.63, 3.8) is 0 Å². The molecule has 0 aliphatic rings. The van der Waals surface area contributed by atoms with Crippen LogP contribution in [0.4, 0.5) is 10.1 Å². The van der Waals surface area contributed by atoms with Crippen LogP contribution in [0, 0.1) is 5.82 Å². The molecule has 5 heteroatoms. The van der Waals surface area contributed by atoms with Crippen LogP contribution in [-0.4, -0.2) is 12.5 Å². The summed E-state index contributed by atoms with van der Waals surface area (Å²) in [6.45, 7) is 2.18. The summed E-state index contributed by atoms with van der Waals surface area (Å²) in [6.07, 6.45) is 0. The van der Waals surface area contributed by atoms with E-state index < -0.39 is 5.82 Å². The third-order valence-electron chi connectivity index (χ3n) is 2.87. The van der Waals surface area contributed by atoms with Crippen molar-refractivity contribution in [2.45, 2.75) is 6.92 Å². The summed E-state index contributed by atoms with van der Waals surface area (Å²) < 4.78 is 14.5. The molecule has 20 heavy (non-hydrogen) atoms. The molecule has 0 heterocycles. The van der Waals surface area contributed by atoms with Gasteiger partial charge in [0.1, 0.15) is 5.82 Å². The number of amides is 1. The van der Waals surface area contributed by atoms with Crippen LogP contribution in [0.5, 0.6) is 0 Å². The molecule has 0 saturated heterocycles. The van der Waals surface area contributed by atoms with Crippen LogP contribution in [0.2, 0.25) is 5.02 Å². The Morgan fingerprint density at radius 2 is 2.00 bits per heavy atom. The van der Waals surface area contributed by atoms with Crippen molar-refractivity contribution in [3.05, 3.63) is 63.3 Å². The van der Waals surface area contributed by atoms with Gasteiger partial charge in [0.25, 0.3) is 5.91 Å². The fourth-order valence-electron chi connectivity index (χ4n) is 1.88. The molecule has 0 bridgehead atoms. The molecule has 0 radical (unpaired) electrons. The van der Waals surface area contributed by atoms with Crippen LogP contribution in [0.3, 0.4) is 0 Å². The number of benzene rings is 2. The average molecular weight is 357 g/mol. The summed E-state index contributed by atoms with van der Waals surface area (Å²) >= 11 is 9.19. The van der Waals surface area contributed by atoms with Gasteiger partial charge in [-0.2, -0.15) is 0 Å². The zero-order chi connectivity index (χ0) is 14.7. The van der Waals surface area contributed by atoms with E-state index in [1.807, 2.05) is 0 Å². The molecular formula is C15H12BrClFNO. The average Bonchev–Trinajstić information content (AvgIpc) is 2.44. The summed E-state index contributed by atoms with van der Waals surface area (Å²) in [5.74, 6) is -0.689. The maximum absolute atomic E-state index is 13.8. The third-order valence-corrected chi connectivity index (χ3v) is 4.09. The highest BCUT2D eigenvalue weighted by molar-refractivity contribution is 9.10. The fraction of sp³-hybridized carbons (Fsp3) is 0.133. The number of rotatable bonds is 3. The Morgan fingerprint density at radius 1 is 1.30 bits per heavy atom. The van der Waals surface area contributed by atoms with Crippen LogP contribution in [-0.2, 0) is 0 Å². The van der Waals surface area contributed by atoms with Crippen molar-refractivity contribution in [2.24, 2.45) is 0 Å². The number of hydrogen-bond acceptors (Lipinski definition) is 1. The minimum atomic E-state index is -0.421. The topological polar surface area (TPSA) is 20.3 Å². The van der Waals surface area contributed by atoms with Gasteiger partial charge < -0.3 is 4.90 Å². The Balaban J connectivity index is 2.39. The highest BCUT2D eigenvalue weighted by Crippen LogP contribution is 2.26. The number of anilines is 1. The molecule has 2 aromatic carbocycles. The Hall–Kier alpha value is -1.39. The molecule has 0 aliphatic heterocycles. The summed E-state index contributed by atoms with van der Waals surface area (Å²) in [5, 5.41) is 0.524. The summed E-state index contributed by atoms with van der Waals surface area (Å²) in [7, 11) is 0. The minimum Gasteiger partial charge on any atom is -0.306 e. The lowest BCUT2D eigenvalue weighted by Crippen LogP contribution is -2.31. The van der Waals surface area contributed by atoms with Gasteiger partial charge in [-0.25, -0.2) is 4.39 Å². The van der Waals surface area contributed by atoms with Crippen molar-refractivity contribution in [1.29, 1.82) is 0 Å². The van der Waals surface area contributed by atoms with Gasteiger partial charge in [0.15, 0.2) is 0 Å². The van der Waals surface area contributed by atoms with Gasteiger partial charge in [0, 0.05) is 16.6 Å². The number of carbonyl (C=O) groups is 1. The number of nitrogens with zero attached hydrogens (tertiary/aromatic N) is 1. The van der Waals surface area contributed by atoms with Gasteiger partial charge in [-0.05, 0) is 53.2 Å². The van der Waals surface area contributed by atoms with E-state index in [9.17, 15) is 9.18 Å². The highest BCUT2D eigenvalue weighted by atomic mass is 79.9. The smallest absolute Gasteiger partial charge is 0.258 e. The van der Waals surface area contributed by atoms with Crippen LogP contribution >= 0.6 is 27.5 Å². The molecular weight excluding hydrogens is 345 g/mol. The Labute approximate surface area is 130 Å². The van der Waals surface area contributed by atoms with Crippen molar-refractivity contribution >= 4 is 39.1 Å². The Bertz CT molecular complexity index is 648. The number of halogens is 3. The molecule has 0 aromatic heterocycles. The SMILES string of the molecule is CCN(C(=O)c1ccc(Cl)c(Br)c1)c1ccccc1F. The normalized spacial score (nSPS) is 10.4. The van der Waals surface area contributed by atoms with Crippen LogP contribution in [0.1, 0.15) is 17.3 Å². The summed E-state index contributed by atoms with van der Waals surface area (Å²) in [4.78, 5) is 13.9. The molecule has 0 fully saturated rings. The monoisotopic (exact) mass is 355 g/mol. The number of para-hydroxylation sites is 1. The molecule has 0 unspecified atom stereocenters. The van der Waals surface area contributed by atoms with E-state index in [2.05, 4.69) is 15.9 Å². The standard InChI is InChI=1S/C15H12BrClFNO/c1-2-19(14-6-4-3-5-13(14)18)15(20)10-7-8-12(17)11(16)9-10/h3-9H,2H2,1H3. The first-order valence-electron chi connectivity index (χ1n) is 6.06. The summed E-state index contributed by atoms with van der Waals surface area (Å²) in [6, 6.07) is 11.1. The lowest BCUT2D eigenvalue weighted by atomic mass is 10.1. The minimum absolute atomic E-state index is 0.269. The van der Waals surface area contributed by atoms with E-state index >= 15 is 0 Å². The first kappa shape index (κ1) is 15.0. The van der Waals surface area contributed by atoms with Crippen LogP contribution in [0.15, 0.2) is 46.9 Å². The van der Waals surface area contributed by atoms with Crippen molar-refractivity contribution in [1.82, 2.24) is 0 Å². The maximum atomic E-state index is 13.8.